The van der Waals surface area contributed by atoms with Gasteiger partial charge in [0.25, 0.3) is 0 Å². The smallest absolute Gasteiger partial charge is 0.326 e. The van der Waals surface area contributed by atoms with Crippen molar-refractivity contribution >= 4 is 22.4 Å². The molecule has 0 bridgehead atoms. The predicted octanol–water partition coefficient (Wildman–Crippen LogP) is 1.37. The van der Waals surface area contributed by atoms with E-state index in [1.807, 2.05) is 20.8 Å². The molecule has 2 N–H and O–H groups in total. The van der Waals surface area contributed by atoms with Gasteiger partial charge in [0.05, 0.1) is 0 Å². The zero-order valence-corrected chi connectivity index (χ0v) is 9.13. The molecule has 0 aliphatic heterocycles. The molecule has 1 heterocycles. The van der Waals surface area contributed by atoms with E-state index in [9.17, 15) is 4.79 Å². The maximum Gasteiger partial charge on any atom is 0.326 e. The van der Waals surface area contributed by atoms with Crippen molar-refractivity contribution in [1.29, 1.82) is 0 Å². The number of hydrogen-bond acceptors (Lipinski definition) is 5. The number of carboxylic acids is 1. The lowest BCUT2D eigenvalue weighted by molar-refractivity contribution is -0.138. The van der Waals surface area contributed by atoms with Gasteiger partial charge in [-0.25, -0.2) is 4.79 Å². The molecule has 0 fully saturated rings. The van der Waals surface area contributed by atoms with Gasteiger partial charge in [-0.15, -0.1) is 10.2 Å². The van der Waals surface area contributed by atoms with E-state index < -0.39 is 12.0 Å². The number of carbonyl (C=O) groups is 1. The van der Waals surface area contributed by atoms with Crippen molar-refractivity contribution in [1.82, 2.24) is 10.2 Å². The molecule has 5 nitrogen and oxygen atoms in total. The molecule has 0 aliphatic rings. The summed E-state index contributed by atoms with van der Waals surface area (Å²) in [6, 6.07) is -0.609. The van der Waals surface area contributed by atoms with Gasteiger partial charge in [-0.3, -0.25) is 0 Å². The fraction of sp³-hybridized carbons (Fsp3) is 0.625. The maximum atomic E-state index is 10.8. The number of nitrogens with zero attached hydrogens (tertiary/aromatic N) is 2. The van der Waals surface area contributed by atoms with Gasteiger partial charge in [0.2, 0.25) is 5.13 Å². The molecular weight excluding hydrogens is 202 g/mol. The Labute approximate surface area is 86.2 Å². The molecular formula is C8H13N3O2S. The zero-order valence-electron chi connectivity index (χ0n) is 8.31. The summed E-state index contributed by atoms with van der Waals surface area (Å²) >= 11 is 1.35. The molecule has 0 amide bonds. The van der Waals surface area contributed by atoms with Crippen LogP contribution in [0.1, 0.15) is 18.9 Å². The minimum Gasteiger partial charge on any atom is -0.480 e. The van der Waals surface area contributed by atoms with E-state index in [1.165, 1.54) is 11.3 Å². The number of hydrogen-bond donors (Lipinski definition) is 2. The Hall–Kier alpha value is -1.17. The Balaban J connectivity index is 2.69. The van der Waals surface area contributed by atoms with Crippen molar-refractivity contribution in [2.24, 2.45) is 5.92 Å². The van der Waals surface area contributed by atoms with Gasteiger partial charge in [0, 0.05) is 0 Å². The normalized spacial score (nSPS) is 12.9. The molecule has 14 heavy (non-hydrogen) atoms. The quantitative estimate of drug-likeness (QED) is 0.793. The van der Waals surface area contributed by atoms with Crippen molar-refractivity contribution < 1.29 is 9.90 Å². The number of aliphatic carboxylic acids is 1. The first kappa shape index (κ1) is 10.9. The SMILES string of the molecule is Cc1nnc(NC(C(=O)O)C(C)C)s1. The van der Waals surface area contributed by atoms with Gasteiger partial charge in [-0.05, 0) is 12.8 Å². The summed E-state index contributed by atoms with van der Waals surface area (Å²) < 4.78 is 0. The lowest BCUT2D eigenvalue weighted by atomic mass is 10.1. The molecule has 0 saturated heterocycles. The van der Waals surface area contributed by atoms with Gasteiger partial charge in [0.1, 0.15) is 11.0 Å². The number of rotatable bonds is 4. The number of nitrogens with one attached hydrogen (secondary N) is 1. The Morgan fingerprint density at radius 1 is 1.50 bits per heavy atom. The third-order valence-corrected chi connectivity index (χ3v) is 2.51. The highest BCUT2D eigenvalue weighted by Gasteiger charge is 2.22. The average molecular weight is 215 g/mol. The molecule has 0 aliphatic carbocycles. The van der Waals surface area contributed by atoms with Gasteiger partial charge in [-0.1, -0.05) is 25.2 Å². The maximum absolute atomic E-state index is 10.8. The zero-order chi connectivity index (χ0) is 10.7. The van der Waals surface area contributed by atoms with Crippen molar-refractivity contribution in [3.05, 3.63) is 5.01 Å². The van der Waals surface area contributed by atoms with E-state index in [0.717, 1.165) is 5.01 Å². The van der Waals surface area contributed by atoms with Crippen LogP contribution < -0.4 is 5.32 Å². The Kier molecular flexibility index (Phi) is 3.40. The average Bonchev–Trinajstić information content (AvgIpc) is 2.46. The van der Waals surface area contributed by atoms with Crippen LogP contribution in [0, 0.1) is 12.8 Å². The molecule has 78 valence electrons. The molecule has 6 heteroatoms. The lowest BCUT2D eigenvalue weighted by Crippen LogP contribution is -2.34. The molecule has 0 saturated carbocycles. The molecule has 1 rings (SSSR count). The number of anilines is 1. The highest BCUT2D eigenvalue weighted by Crippen LogP contribution is 2.17. The van der Waals surface area contributed by atoms with Crippen molar-refractivity contribution in [3.63, 3.8) is 0 Å². The summed E-state index contributed by atoms with van der Waals surface area (Å²) in [6.45, 7) is 5.52. The molecule has 1 unspecified atom stereocenters. The molecule has 0 aromatic carbocycles. The summed E-state index contributed by atoms with van der Waals surface area (Å²) in [5, 5.41) is 20.7. The van der Waals surface area contributed by atoms with E-state index in [-0.39, 0.29) is 5.92 Å². The van der Waals surface area contributed by atoms with Crippen LogP contribution >= 0.6 is 11.3 Å². The topological polar surface area (TPSA) is 75.1 Å². The minimum absolute atomic E-state index is 0.0108. The van der Waals surface area contributed by atoms with Crippen LogP contribution in [0.5, 0.6) is 0 Å². The second kappa shape index (κ2) is 4.36. The highest BCUT2D eigenvalue weighted by molar-refractivity contribution is 7.15. The van der Waals surface area contributed by atoms with Crippen LogP contribution in [0.15, 0.2) is 0 Å². The fourth-order valence-corrected chi connectivity index (χ4v) is 1.63. The first-order valence-electron chi connectivity index (χ1n) is 4.30. The predicted molar refractivity (Wildman–Crippen MR) is 54.5 cm³/mol. The lowest BCUT2D eigenvalue weighted by Gasteiger charge is -2.16. The summed E-state index contributed by atoms with van der Waals surface area (Å²) in [6.07, 6.45) is 0. The van der Waals surface area contributed by atoms with Crippen LogP contribution in [0.25, 0.3) is 0 Å². The summed E-state index contributed by atoms with van der Waals surface area (Å²) in [5.74, 6) is -0.857. The number of aryl methyl sites for hydroxylation is 1. The van der Waals surface area contributed by atoms with Crippen LogP contribution in [-0.2, 0) is 4.79 Å². The Morgan fingerprint density at radius 2 is 2.14 bits per heavy atom. The molecule has 0 radical (unpaired) electrons. The fourth-order valence-electron chi connectivity index (χ4n) is 1.00. The largest absolute Gasteiger partial charge is 0.480 e. The molecule has 1 atom stereocenters. The highest BCUT2D eigenvalue weighted by atomic mass is 32.1. The van der Waals surface area contributed by atoms with Gasteiger partial charge < -0.3 is 10.4 Å². The van der Waals surface area contributed by atoms with E-state index in [4.69, 9.17) is 5.11 Å². The van der Waals surface area contributed by atoms with Crippen LogP contribution in [0.4, 0.5) is 5.13 Å². The minimum atomic E-state index is -0.868. The van der Waals surface area contributed by atoms with E-state index in [0.29, 0.717) is 5.13 Å². The first-order valence-corrected chi connectivity index (χ1v) is 5.12. The third kappa shape index (κ3) is 2.66. The second-order valence-electron chi connectivity index (χ2n) is 3.33. The van der Waals surface area contributed by atoms with Gasteiger partial charge in [-0.2, -0.15) is 0 Å². The second-order valence-corrected chi connectivity index (χ2v) is 4.51. The third-order valence-electron chi connectivity index (χ3n) is 1.74. The van der Waals surface area contributed by atoms with Crippen LogP contribution in [0.2, 0.25) is 0 Å². The standard InChI is InChI=1S/C8H13N3O2S/c1-4(2)6(7(12)13)9-8-11-10-5(3)14-8/h4,6H,1-3H3,(H,9,11)(H,12,13). The Bertz CT molecular complexity index is 324. The summed E-state index contributed by atoms with van der Waals surface area (Å²) in [5.41, 5.74) is 0. The van der Waals surface area contributed by atoms with Crippen molar-refractivity contribution in [2.45, 2.75) is 26.8 Å². The molecule has 0 spiro atoms. The molecule has 1 aromatic heterocycles. The van der Waals surface area contributed by atoms with Crippen LogP contribution in [-0.4, -0.2) is 27.3 Å². The molecule has 1 aromatic rings. The van der Waals surface area contributed by atoms with E-state index in [1.54, 1.807) is 0 Å². The van der Waals surface area contributed by atoms with Gasteiger partial charge >= 0.3 is 5.97 Å². The van der Waals surface area contributed by atoms with Crippen LogP contribution in [0.3, 0.4) is 0 Å². The van der Waals surface area contributed by atoms with Gasteiger partial charge in [0.15, 0.2) is 0 Å². The van der Waals surface area contributed by atoms with E-state index >= 15 is 0 Å². The monoisotopic (exact) mass is 215 g/mol. The Morgan fingerprint density at radius 3 is 2.50 bits per heavy atom. The summed E-state index contributed by atoms with van der Waals surface area (Å²) in [7, 11) is 0. The summed E-state index contributed by atoms with van der Waals surface area (Å²) in [4.78, 5) is 10.8. The van der Waals surface area contributed by atoms with Crippen molar-refractivity contribution in [2.75, 3.05) is 5.32 Å². The number of aromatic nitrogens is 2. The van der Waals surface area contributed by atoms with E-state index in [2.05, 4.69) is 15.5 Å². The first-order chi connectivity index (χ1) is 6.50. The van der Waals surface area contributed by atoms with Crippen molar-refractivity contribution in [3.8, 4) is 0 Å². The number of carboxylic acid groups (broad SMARTS) is 1.